The van der Waals surface area contributed by atoms with Crippen molar-refractivity contribution >= 4 is 11.9 Å². The van der Waals surface area contributed by atoms with Crippen LogP contribution in [0.5, 0.6) is 0 Å². The Morgan fingerprint density at radius 1 is 1.43 bits per heavy atom. The van der Waals surface area contributed by atoms with E-state index in [0.717, 1.165) is 18.2 Å². The van der Waals surface area contributed by atoms with Crippen LogP contribution in [0.3, 0.4) is 0 Å². The minimum Gasteiger partial charge on any atom is -0.344 e. The van der Waals surface area contributed by atoms with Gasteiger partial charge in [0.25, 0.3) is 0 Å². The molecule has 23 heavy (non-hydrogen) atoms. The molecule has 2 atom stereocenters. The summed E-state index contributed by atoms with van der Waals surface area (Å²) in [5.74, 6) is -1.05. The van der Waals surface area contributed by atoms with E-state index in [1.807, 2.05) is 0 Å². The number of piperidine rings is 1. The van der Waals surface area contributed by atoms with Crippen LogP contribution in [0.4, 0.5) is 13.6 Å². The van der Waals surface area contributed by atoms with Gasteiger partial charge in [-0.15, -0.1) is 0 Å². The van der Waals surface area contributed by atoms with Crippen molar-refractivity contribution in [3.05, 3.63) is 35.4 Å². The van der Waals surface area contributed by atoms with Crippen LogP contribution in [0.15, 0.2) is 18.2 Å². The van der Waals surface area contributed by atoms with Gasteiger partial charge in [-0.3, -0.25) is 4.79 Å². The molecule has 1 aromatic carbocycles. The van der Waals surface area contributed by atoms with Crippen molar-refractivity contribution in [1.29, 1.82) is 0 Å². The fraction of sp³-hybridized carbons (Fsp3) is 0.500. The highest BCUT2D eigenvalue weighted by Crippen LogP contribution is 2.21. The maximum atomic E-state index is 13.8. The molecule has 2 unspecified atom stereocenters. The third kappa shape index (κ3) is 4.40. The normalized spacial score (nSPS) is 19.4. The van der Waals surface area contributed by atoms with Gasteiger partial charge < -0.3 is 15.5 Å². The molecule has 2 rings (SSSR count). The summed E-state index contributed by atoms with van der Waals surface area (Å²) in [6, 6.07) is 1.97. The molecule has 0 bridgehead atoms. The molecule has 3 amide bonds. The SMILES string of the molecule is CCC(NC(=O)NC1CCC(=O)N(C)C1)c1cc(F)ccc1F. The average Bonchev–Trinajstić information content (AvgIpc) is 2.51. The number of hydrogen-bond acceptors (Lipinski definition) is 2. The molecular formula is C16H21F2N3O2. The van der Waals surface area contributed by atoms with E-state index >= 15 is 0 Å². The van der Waals surface area contributed by atoms with Gasteiger partial charge in [0.1, 0.15) is 11.6 Å². The highest BCUT2D eigenvalue weighted by atomic mass is 19.1. The van der Waals surface area contributed by atoms with Gasteiger partial charge in [0, 0.05) is 31.6 Å². The Balaban J connectivity index is 1.97. The summed E-state index contributed by atoms with van der Waals surface area (Å²) in [5.41, 5.74) is 0.124. The van der Waals surface area contributed by atoms with Gasteiger partial charge in [0.05, 0.1) is 6.04 Å². The van der Waals surface area contributed by atoms with Crippen molar-refractivity contribution in [2.75, 3.05) is 13.6 Å². The van der Waals surface area contributed by atoms with Crippen LogP contribution in [-0.4, -0.2) is 36.5 Å². The van der Waals surface area contributed by atoms with E-state index in [2.05, 4.69) is 10.6 Å². The molecule has 2 N–H and O–H groups in total. The number of carbonyl (C=O) groups excluding carboxylic acids is 2. The smallest absolute Gasteiger partial charge is 0.315 e. The Hall–Kier alpha value is -2.18. The monoisotopic (exact) mass is 325 g/mol. The van der Waals surface area contributed by atoms with Crippen molar-refractivity contribution in [3.8, 4) is 0 Å². The fourth-order valence-electron chi connectivity index (χ4n) is 2.70. The lowest BCUT2D eigenvalue weighted by atomic mass is 10.0. The maximum absolute atomic E-state index is 13.8. The number of benzene rings is 1. The Bertz CT molecular complexity index is 595. The number of nitrogens with one attached hydrogen (secondary N) is 2. The summed E-state index contributed by atoms with van der Waals surface area (Å²) in [7, 11) is 1.69. The van der Waals surface area contributed by atoms with Crippen molar-refractivity contribution < 1.29 is 18.4 Å². The number of hydrogen-bond donors (Lipinski definition) is 2. The number of likely N-dealkylation sites (tertiary alicyclic amines) is 1. The van der Waals surface area contributed by atoms with Crippen molar-refractivity contribution in [3.63, 3.8) is 0 Å². The van der Waals surface area contributed by atoms with Gasteiger partial charge >= 0.3 is 6.03 Å². The first-order chi connectivity index (χ1) is 10.9. The van der Waals surface area contributed by atoms with Crippen molar-refractivity contribution in [2.24, 2.45) is 0 Å². The van der Waals surface area contributed by atoms with E-state index in [4.69, 9.17) is 0 Å². The second-order valence-electron chi connectivity index (χ2n) is 5.75. The van der Waals surface area contributed by atoms with Crippen LogP contribution < -0.4 is 10.6 Å². The zero-order valence-electron chi connectivity index (χ0n) is 13.2. The van der Waals surface area contributed by atoms with Gasteiger partial charge in [-0.05, 0) is 31.0 Å². The molecule has 1 aliphatic rings. The zero-order valence-corrected chi connectivity index (χ0v) is 13.2. The Labute approximate surface area is 134 Å². The highest BCUT2D eigenvalue weighted by molar-refractivity contribution is 5.78. The molecule has 0 radical (unpaired) electrons. The predicted molar refractivity (Wildman–Crippen MR) is 81.7 cm³/mol. The quantitative estimate of drug-likeness (QED) is 0.892. The summed E-state index contributed by atoms with van der Waals surface area (Å²) in [5, 5.41) is 5.44. The lowest BCUT2D eigenvalue weighted by Gasteiger charge is -2.30. The standard InChI is InChI=1S/C16H21F2N3O2/c1-3-14(12-8-10(17)4-6-13(12)18)20-16(23)19-11-5-7-15(22)21(2)9-11/h4,6,8,11,14H,3,5,7,9H2,1-2H3,(H2,19,20,23). The number of halogens is 2. The number of rotatable bonds is 4. The molecule has 1 aromatic rings. The van der Waals surface area contributed by atoms with Gasteiger partial charge in [-0.25, -0.2) is 13.6 Å². The molecule has 0 aliphatic carbocycles. The predicted octanol–water partition coefficient (Wildman–Crippen LogP) is 2.34. The molecule has 0 aromatic heterocycles. The second kappa shape index (κ2) is 7.39. The van der Waals surface area contributed by atoms with E-state index in [0.29, 0.717) is 25.8 Å². The van der Waals surface area contributed by atoms with Crippen LogP contribution in [0, 0.1) is 11.6 Å². The van der Waals surface area contributed by atoms with Gasteiger partial charge in [-0.2, -0.15) is 0 Å². The number of amides is 3. The molecule has 126 valence electrons. The molecule has 0 spiro atoms. The molecular weight excluding hydrogens is 304 g/mol. The van der Waals surface area contributed by atoms with Gasteiger partial charge in [0.2, 0.25) is 5.91 Å². The summed E-state index contributed by atoms with van der Waals surface area (Å²) in [6.07, 6.45) is 1.38. The van der Waals surface area contributed by atoms with E-state index in [1.54, 1.807) is 18.9 Å². The number of likely N-dealkylation sites (N-methyl/N-ethyl adjacent to an activating group) is 1. The Morgan fingerprint density at radius 3 is 2.83 bits per heavy atom. The van der Waals surface area contributed by atoms with E-state index in [-0.39, 0.29) is 17.5 Å². The van der Waals surface area contributed by atoms with Crippen LogP contribution in [-0.2, 0) is 4.79 Å². The van der Waals surface area contributed by atoms with E-state index in [9.17, 15) is 18.4 Å². The summed E-state index contributed by atoms with van der Waals surface area (Å²) in [4.78, 5) is 25.1. The van der Waals surface area contributed by atoms with Crippen LogP contribution >= 0.6 is 0 Å². The van der Waals surface area contributed by atoms with Crippen molar-refractivity contribution in [1.82, 2.24) is 15.5 Å². The average molecular weight is 325 g/mol. The fourth-order valence-corrected chi connectivity index (χ4v) is 2.70. The summed E-state index contributed by atoms with van der Waals surface area (Å²) >= 11 is 0. The van der Waals surface area contributed by atoms with Crippen LogP contribution in [0.25, 0.3) is 0 Å². The van der Waals surface area contributed by atoms with Gasteiger partial charge in [0.15, 0.2) is 0 Å². The first kappa shape index (κ1) is 17.2. The number of urea groups is 1. The second-order valence-corrected chi connectivity index (χ2v) is 5.75. The third-order valence-electron chi connectivity index (χ3n) is 4.01. The molecule has 1 heterocycles. The summed E-state index contributed by atoms with van der Waals surface area (Å²) < 4.78 is 27.1. The van der Waals surface area contributed by atoms with Gasteiger partial charge in [-0.1, -0.05) is 6.92 Å². The lowest BCUT2D eigenvalue weighted by Crippen LogP contribution is -2.51. The Morgan fingerprint density at radius 2 is 2.17 bits per heavy atom. The first-order valence-corrected chi connectivity index (χ1v) is 7.66. The molecule has 1 fully saturated rings. The molecule has 0 saturated carbocycles. The topological polar surface area (TPSA) is 61.4 Å². The van der Waals surface area contributed by atoms with E-state index < -0.39 is 23.7 Å². The minimum absolute atomic E-state index is 0.0525. The van der Waals surface area contributed by atoms with E-state index in [1.165, 1.54) is 0 Å². The zero-order chi connectivity index (χ0) is 17.0. The molecule has 1 aliphatic heterocycles. The number of nitrogens with zero attached hydrogens (tertiary/aromatic N) is 1. The lowest BCUT2D eigenvalue weighted by molar-refractivity contribution is -0.132. The van der Waals surface area contributed by atoms with Crippen LogP contribution in [0.1, 0.15) is 37.8 Å². The first-order valence-electron chi connectivity index (χ1n) is 7.66. The summed E-state index contributed by atoms with van der Waals surface area (Å²) in [6.45, 7) is 2.22. The Kier molecular flexibility index (Phi) is 5.52. The largest absolute Gasteiger partial charge is 0.344 e. The minimum atomic E-state index is -0.617. The molecule has 5 nitrogen and oxygen atoms in total. The van der Waals surface area contributed by atoms with Crippen molar-refractivity contribution in [2.45, 2.75) is 38.3 Å². The number of carbonyl (C=O) groups is 2. The highest BCUT2D eigenvalue weighted by Gasteiger charge is 2.25. The molecule has 1 saturated heterocycles. The molecule has 7 heteroatoms. The third-order valence-corrected chi connectivity index (χ3v) is 4.01. The van der Waals surface area contributed by atoms with Crippen LogP contribution in [0.2, 0.25) is 0 Å². The maximum Gasteiger partial charge on any atom is 0.315 e.